The minimum atomic E-state index is 0.944. The lowest BCUT2D eigenvalue weighted by atomic mass is 10.2. The van der Waals surface area contributed by atoms with Crippen LogP contribution in [0.15, 0.2) is 48.7 Å². The molecule has 0 spiro atoms. The number of methoxy groups -OCH3 is 1. The third-order valence-corrected chi connectivity index (χ3v) is 3.14. The number of benzene rings is 2. The fourth-order valence-electron chi connectivity index (χ4n) is 1.94. The predicted octanol–water partition coefficient (Wildman–Crippen LogP) is 4.13. The molecule has 2 aromatic carbocycles. The molecule has 0 bridgehead atoms. The van der Waals surface area contributed by atoms with Crippen molar-refractivity contribution in [3.63, 3.8) is 0 Å². The monoisotopic (exact) mass is 268 g/mol. The van der Waals surface area contributed by atoms with Gasteiger partial charge in [-0.1, -0.05) is 31.2 Å². The number of nitrogens with zero attached hydrogens (tertiary/aromatic N) is 1. The van der Waals surface area contributed by atoms with E-state index >= 15 is 0 Å². The van der Waals surface area contributed by atoms with Gasteiger partial charge in [-0.3, -0.25) is 5.10 Å². The zero-order valence-corrected chi connectivity index (χ0v) is 12.2. The second-order valence-corrected chi connectivity index (χ2v) is 4.67. The van der Waals surface area contributed by atoms with Gasteiger partial charge in [0.05, 0.1) is 18.8 Å². The van der Waals surface area contributed by atoms with Gasteiger partial charge in [-0.05, 0) is 42.7 Å². The molecule has 1 N–H and O–H groups in total. The van der Waals surface area contributed by atoms with E-state index < -0.39 is 0 Å². The van der Waals surface area contributed by atoms with Gasteiger partial charge in [-0.15, -0.1) is 0 Å². The molecule has 3 aromatic rings. The van der Waals surface area contributed by atoms with Gasteiger partial charge in [0.2, 0.25) is 0 Å². The summed E-state index contributed by atoms with van der Waals surface area (Å²) in [5.74, 6) is 0.944. The minimum Gasteiger partial charge on any atom is -0.497 e. The Morgan fingerprint density at radius 3 is 2.75 bits per heavy atom. The van der Waals surface area contributed by atoms with Crippen LogP contribution < -0.4 is 4.74 Å². The highest BCUT2D eigenvalue weighted by Gasteiger charge is 1.92. The molecule has 0 radical (unpaired) electrons. The van der Waals surface area contributed by atoms with E-state index in [0.717, 1.165) is 17.7 Å². The van der Waals surface area contributed by atoms with Crippen LogP contribution in [-0.4, -0.2) is 17.3 Å². The zero-order valence-electron chi connectivity index (χ0n) is 12.2. The number of hydrogen-bond acceptors (Lipinski definition) is 2. The highest BCUT2D eigenvalue weighted by Crippen LogP contribution is 2.12. The number of hydrogen-bond donors (Lipinski definition) is 1. The smallest absolute Gasteiger partial charge is 0.119 e. The molecule has 0 aliphatic carbocycles. The lowest BCUT2D eigenvalue weighted by molar-refractivity contribution is 0.414. The molecule has 0 saturated carbocycles. The van der Waals surface area contributed by atoms with Crippen molar-refractivity contribution in [2.75, 3.05) is 7.11 Å². The third-order valence-electron chi connectivity index (χ3n) is 3.14. The van der Waals surface area contributed by atoms with Crippen LogP contribution in [0.3, 0.4) is 0 Å². The molecule has 0 saturated heterocycles. The predicted molar refractivity (Wildman–Crippen MR) is 83.2 cm³/mol. The van der Waals surface area contributed by atoms with Crippen LogP contribution in [0.25, 0.3) is 10.9 Å². The second kappa shape index (κ2) is 6.75. The maximum absolute atomic E-state index is 5.06. The molecule has 1 heterocycles. The lowest BCUT2D eigenvalue weighted by Gasteiger charge is -2.00. The number of aryl methyl sites for hydroxylation is 2. The Kier molecular flexibility index (Phi) is 4.77. The number of H-pyrrole nitrogens is 1. The Labute approximate surface area is 119 Å². The van der Waals surface area contributed by atoms with E-state index in [-0.39, 0.29) is 0 Å². The SMILES string of the molecule is CCc1cccc(OC)c1.Cc1ccc2cn[nH]c2c1. The first-order valence-corrected chi connectivity index (χ1v) is 6.75. The number of ether oxygens (including phenoxy) is 1. The van der Waals surface area contributed by atoms with Crippen LogP contribution in [0.2, 0.25) is 0 Å². The van der Waals surface area contributed by atoms with Crippen molar-refractivity contribution in [1.29, 1.82) is 0 Å². The number of rotatable bonds is 2. The summed E-state index contributed by atoms with van der Waals surface area (Å²) in [4.78, 5) is 0. The van der Waals surface area contributed by atoms with E-state index in [4.69, 9.17) is 4.74 Å². The van der Waals surface area contributed by atoms with E-state index in [0.29, 0.717) is 0 Å². The minimum absolute atomic E-state index is 0.944. The normalized spacial score (nSPS) is 9.95. The van der Waals surface area contributed by atoms with Crippen LogP contribution in [0, 0.1) is 6.92 Å². The standard InChI is InChI=1S/C9H12O.C8H8N2/c1-3-8-5-4-6-9(7-8)10-2;1-6-2-3-7-5-9-10-8(7)4-6/h4-7H,3H2,1-2H3;2-5H,1H3,(H,9,10). The Bertz CT molecular complexity index is 654. The highest BCUT2D eigenvalue weighted by atomic mass is 16.5. The quantitative estimate of drug-likeness (QED) is 0.759. The van der Waals surface area contributed by atoms with Crippen LogP contribution in [-0.2, 0) is 6.42 Å². The third kappa shape index (κ3) is 3.60. The molecular formula is C17H20N2O. The van der Waals surface area contributed by atoms with Gasteiger partial charge in [0.1, 0.15) is 5.75 Å². The summed E-state index contributed by atoms with van der Waals surface area (Å²) >= 11 is 0. The maximum Gasteiger partial charge on any atom is 0.119 e. The van der Waals surface area contributed by atoms with Gasteiger partial charge in [0.15, 0.2) is 0 Å². The number of fused-ring (bicyclic) bond motifs is 1. The summed E-state index contributed by atoms with van der Waals surface area (Å²) in [6.45, 7) is 4.20. The average Bonchev–Trinajstić information content (AvgIpc) is 2.95. The van der Waals surface area contributed by atoms with Crippen LogP contribution >= 0.6 is 0 Å². The first-order valence-electron chi connectivity index (χ1n) is 6.75. The molecule has 0 amide bonds. The molecule has 0 unspecified atom stereocenters. The fourth-order valence-corrected chi connectivity index (χ4v) is 1.94. The average molecular weight is 268 g/mol. The first-order chi connectivity index (χ1) is 9.72. The van der Waals surface area contributed by atoms with Crippen molar-refractivity contribution < 1.29 is 4.74 Å². The molecule has 1 aromatic heterocycles. The second-order valence-electron chi connectivity index (χ2n) is 4.67. The van der Waals surface area contributed by atoms with E-state index in [1.54, 1.807) is 7.11 Å². The molecule has 0 atom stereocenters. The van der Waals surface area contributed by atoms with Crippen molar-refractivity contribution >= 4 is 10.9 Å². The topological polar surface area (TPSA) is 37.9 Å². The van der Waals surface area contributed by atoms with Crippen molar-refractivity contribution in [2.24, 2.45) is 0 Å². The summed E-state index contributed by atoms with van der Waals surface area (Å²) in [6, 6.07) is 14.4. The Hall–Kier alpha value is -2.29. The molecular weight excluding hydrogens is 248 g/mol. The summed E-state index contributed by atoms with van der Waals surface area (Å²) < 4.78 is 5.06. The first kappa shape index (κ1) is 14.1. The molecule has 0 aliphatic rings. The molecule has 3 heteroatoms. The number of aromatic amines is 1. The number of aromatic nitrogens is 2. The van der Waals surface area contributed by atoms with Gasteiger partial charge in [0.25, 0.3) is 0 Å². The van der Waals surface area contributed by atoms with Crippen molar-refractivity contribution in [1.82, 2.24) is 10.2 Å². The summed E-state index contributed by atoms with van der Waals surface area (Å²) in [7, 11) is 1.69. The van der Waals surface area contributed by atoms with Crippen LogP contribution in [0.1, 0.15) is 18.1 Å². The Balaban J connectivity index is 0.000000147. The summed E-state index contributed by atoms with van der Waals surface area (Å²) in [6.07, 6.45) is 2.89. The molecule has 0 aliphatic heterocycles. The van der Waals surface area contributed by atoms with Crippen molar-refractivity contribution in [2.45, 2.75) is 20.3 Å². The molecule has 0 fully saturated rings. The van der Waals surface area contributed by atoms with Crippen LogP contribution in [0.4, 0.5) is 0 Å². The van der Waals surface area contributed by atoms with E-state index in [1.807, 2.05) is 18.3 Å². The Morgan fingerprint density at radius 1 is 1.15 bits per heavy atom. The van der Waals surface area contributed by atoms with Gasteiger partial charge in [-0.25, -0.2) is 0 Å². The van der Waals surface area contributed by atoms with Gasteiger partial charge < -0.3 is 4.74 Å². The van der Waals surface area contributed by atoms with Gasteiger partial charge in [0, 0.05) is 5.39 Å². The molecule has 3 rings (SSSR count). The molecule has 3 nitrogen and oxygen atoms in total. The lowest BCUT2D eigenvalue weighted by Crippen LogP contribution is -1.84. The Morgan fingerprint density at radius 2 is 2.00 bits per heavy atom. The van der Waals surface area contributed by atoms with Gasteiger partial charge in [-0.2, -0.15) is 5.10 Å². The molecule has 20 heavy (non-hydrogen) atoms. The summed E-state index contributed by atoms with van der Waals surface area (Å²) in [5, 5.41) is 8.00. The van der Waals surface area contributed by atoms with E-state index in [9.17, 15) is 0 Å². The van der Waals surface area contributed by atoms with Gasteiger partial charge >= 0.3 is 0 Å². The maximum atomic E-state index is 5.06. The van der Waals surface area contributed by atoms with Crippen molar-refractivity contribution in [3.8, 4) is 5.75 Å². The van der Waals surface area contributed by atoms with Crippen molar-refractivity contribution in [3.05, 3.63) is 59.8 Å². The zero-order chi connectivity index (χ0) is 14.4. The largest absolute Gasteiger partial charge is 0.497 e. The number of nitrogens with one attached hydrogen (secondary N) is 1. The summed E-state index contributed by atoms with van der Waals surface area (Å²) in [5.41, 5.74) is 3.69. The highest BCUT2D eigenvalue weighted by molar-refractivity contribution is 5.78. The van der Waals surface area contributed by atoms with Crippen LogP contribution in [0.5, 0.6) is 5.75 Å². The fraction of sp³-hybridized carbons (Fsp3) is 0.235. The van der Waals surface area contributed by atoms with E-state index in [2.05, 4.69) is 54.4 Å². The molecule has 104 valence electrons. The van der Waals surface area contributed by atoms with E-state index in [1.165, 1.54) is 16.5 Å².